The number of hydrogen-bond donors (Lipinski definition) is 3. The molecule has 2 aromatic heterocycles. The van der Waals surface area contributed by atoms with E-state index in [1.165, 1.54) is 12.4 Å². The van der Waals surface area contributed by atoms with E-state index in [1.54, 1.807) is 42.2 Å². The van der Waals surface area contributed by atoms with E-state index >= 15 is 0 Å². The summed E-state index contributed by atoms with van der Waals surface area (Å²) in [5, 5.41) is 7.43. The van der Waals surface area contributed by atoms with Gasteiger partial charge in [0.05, 0.1) is 10.6 Å². The van der Waals surface area contributed by atoms with Crippen LogP contribution in [0.25, 0.3) is 16.9 Å². The van der Waals surface area contributed by atoms with Crippen LogP contribution in [0.5, 0.6) is 0 Å². The minimum Gasteiger partial charge on any atom is -0.371 e. The van der Waals surface area contributed by atoms with E-state index in [1.807, 2.05) is 0 Å². The van der Waals surface area contributed by atoms with Gasteiger partial charge in [0.2, 0.25) is 0 Å². The van der Waals surface area contributed by atoms with Gasteiger partial charge in [0, 0.05) is 24.1 Å². The Bertz CT molecular complexity index is 1290. The van der Waals surface area contributed by atoms with Gasteiger partial charge in [-0.1, -0.05) is 11.6 Å². The zero-order chi connectivity index (χ0) is 22.9. The summed E-state index contributed by atoms with van der Waals surface area (Å²) in [6, 6.07) is 9.19. The monoisotopic (exact) mass is 461 g/mol. The van der Waals surface area contributed by atoms with E-state index in [4.69, 9.17) is 11.6 Å². The van der Waals surface area contributed by atoms with E-state index in [2.05, 4.69) is 30.9 Å². The molecule has 4 aromatic rings. The molecule has 32 heavy (non-hydrogen) atoms. The summed E-state index contributed by atoms with van der Waals surface area (Å²) in [5.74, 6) is 0.597. The standard InChI is InChI=1S/C20H15ClF3N7O/c1-25-17-16-18(27-9-26-17)31(10-28-16)13-5-2-11(3-6-13)29-19(32)30-12-4-7-15(21)14(8-12)20(22,23)24/h2-10H,1H3,(H,25,26,27)(H2,29,30,32). The summed E-state index contributed by atoms with van der Waals surface area (Å²) >= 11 is 5.59. The topological polar surface area (TPSA) is 96.8 Å². The van der Waals surface area contributed by atoms with E-state index < -0.39 is 22.8 Å². The third kappa shape index (κ3) is 4.28. The van der Waals surface area contributed by atoms with Gasteiger partial charge in [-0.05, 0) is 42.5 Å². The molecule has 0 aliphatic rings. The van der Waals surface area contributed by atoms with Crippen LogP contribution in [0.3, 0.4) is 0 Å². The number of nitrogens with one attached hydrogen (secondary N) is 3. The van der Waals surface area contributed by atoms with Gasteiger partial charge in [-0.3, -0.25) is 4.57 Å². The van der Waals surface area contributed by atoms with Gasteiger partial charge >= 0.3 is 12.2 Å². The molecule has 0 aliphatic heterocycles. The molecular weight excluding hydrogens is 447 g/mol. The molecule has 0 spiro atoms. The molecule has 0 fully saturated rings. The number of rotatable bonds is 4. The number of urea groups is 1. The van der Waals surface area contributed by atoms with Gasteiger partial charge in [-0.25, -0.2) is 19.7 Å². The van der Waals surface area contributed by atoms with Crippen LogP contribution in [-0.2, 0) is 6.18 Å². The van der Waals surface area contributed by atoms with Crippen LogP contribution in [0, 0.1) is 0 Å². The highest BCUT2D eigenvalue weighted by molar-refractivity contribution is 6.31. The number of benzene rings is 2. The molecule has 0 saturated heterocycles. The van der Waals surface area contributed by atoms with Gasteiger partial charge in [0.1, 0.15) is 12.7 Å². The maximum Gasteiger partial charge on any atom is 0.417 e. The average Bonchev–Trinajstić information content (AvgIpc) is 3.19. The van der Waals surface area contributed by atoms with Crippen LogP contribution < -0.4 is 16.0 Å². The fourth-order valence-corrected chi connectivity index (χ4v) is 3.25. The van der Waals surface area contributed by atoms with Crippen LogP contribution in [0.4, 0.5) is 35.2 Å². The number of alkyl halides is 3. The Morgan fingerprint density at radius 3 is 2.38 bits per heavy atom. The van der Waals surface area contributed by atoms with Gasteiger partial charge in [-0.15, -0.1) is 0 Å². The summed E-state index contributed by atoms with van der Waals surface area (Å²) < 4.78 is 40.7. The van der Waals surface area contributed by atoms with E-state index in [-0.39, 0.29) is 5.69 Å². The molecule has 8 nitrogen and oxygen atoms in total. The maximum absolute atomic E-state index is 13.0. The highest BCUT2D eigenvalue weighted by atomic mass is 35.5. The summed E-state index contributed by atoms with van der Waals surface area (Å²) in [6.07, 6.45) is -1.60. The molecule has 4 rings (SSSR count). The molecule has 0 aliphatic carbocycles. The van der Waals surface area contributed by atoms with Gasteiger partial charge in [0.15, 0.2) is 17.0 Å². The maximum atomic E-state index is 13.0. The smallest absolute Gasteiger partial charge is 0.371 e. The van der Waals surface area contributed by atoms with E-state index in [0.29, 0.717) is 22.7 Å². The van der Waals surface area contributed by atoms with Crippen LogP contribution in [0.1, 0.15) is 5.56 Å². The first-order valence-corrected chi connectivity index (χ1v) is 9.55. The highest BCUT2D eigenvalue weighted by Crippen LogP contribution is 2.36. The Morgan fingerprint density at radius 1 is 1.00 bits per heavy atom. The molecule has 3 N–H and O–H groups in total. The third-order valence-electron chi connectivity index (χ3n) is 4.50. The quantitative estimate of drug-likeness (QED) is 0.389. The van der Waals surface area contributed by atoms with Gasteiger partial charge in [-0.2, -0.15) is 13.2 Å². The number of hydrogen-bond acceptors (Lipinski definition) is 5. The van der Waals surface area contributed by atoms with Crippen molar-refractivity contribution in [2.45, 2.75) is 6.18 Å². The second-order valence-corrected chi connectivity index (χ2v) is 6.98. The highest BCUT2D eigenvalue weighted by Gasteiger charge is 2.33. The van der Waals surface area contributed by atoms with Crippen molar-refractivity contribution in [1.29, 1.82) is 0 Å². The molecule has 164 valence electrons. The number of nitrogens with zero attached hydrogens (tertiary/aromatic N) is 4. The third-order valence-corrected chi connectivity index (χ3v) is 4.83. The molecule has 12 heteroatoms. The molecule has 0 unspecified atom stereocenters. The Morgan fingerprint density at radius 2 is 1.69 bits per heavy atom. The lowest BCUT2D eigenvalue weighted by Gasteiger charge is -2.12. The van der Waals surface area contributed by atoms with E-state index in [0.717, 1.165) is 17.8 Å². The number of fused-ring (bicyclic) bond motifs is 1. The van der Waals surface area contributed by atoms with Crippen molar-refractivity contribution in [2.24, 2.45) is 0 Å². The predicted octanol–water partition coefficient (Wildman–Crippen LogP) is 5.17. The zero-order valence-corrected chi connectivity index (χ0v) is 17.2. The van der Waals surface area contributed by atoms with E-state index in [9.17, 15) is 18.0 Å². The number of aromatic nitrogens is 4. The molecule has 2 amide bonds. The molecular formula is C20H15ClF3N7O. The molecule has 0 bridgehead atoms. The summed E-state index contributed by atoms with van der Waals surface area (Å²) in [5.41, 5.74) is 1.32. The van der Waals surface area contributed by atoms with Crippen LogP contribution >= 0.6 is 11.6 Å². The second-order valence-electron chi connectivity index (χ2n) is 6.58. The normalized spacial score (nSPS) is 11.4. The fourth-order valence-electron chi connectivity index (χ4n) is 3.03. The largest absolute Gasteiger partial charge is 0.417 e. The number of amides is 2. The minimum atomic E-state index is -4.63. The first-order chi connectivity index (χ1) is 15.3. The first-order valence-electron chi connectivity index (χ1n) is 9.17. The van der Waals surface area contributed by atoms with Gasteiger partial charge < -0.3 is 16.0 Å². The Kier molecular flexibility index (Phi) is 5.57. The summed E-state index contributed by atoms with van der Waals surface area (Å²) in [7, 11) is 1.74. The van der Waals surface area contributed by atoms with Crippen LogP contribution in [0.2, 0.25) is 5.02 Å². The lowest BCUT2D eigenvalue weighted by atomic mass is 10.2. The second kappa shape index (κ2) is 8.35. The van der Waals surface area contributed by atoms with Crippen molar-refractivity contribution in [3.63, 3.8) is 0 Å². The summed E-state index contributed by atoms with van der Waals surface area (Å²) in [4.78, 5) is 24.9. The van der Waals surface area contributed by atoms with Crippen molar-refractivity contribution in [1.82, 2.24) is 19.5 Å². The Hall–Kier alpha value is -3.86. The fraction of sp³-hybridized carbons (Fsp3) is 0.100. The lowest BCUT2D eigenvalue weighted by Crippen LogP contribution is -2.20. The van der Waals surface area contributed by atoms with Crippen molar-refractivity contribution in [2.75, 3.05) is 23.0 Å². The number of anilines is 3. The van der Waals surface area contributed by atoms with Crippen LogP contribution in [0.15, 0.2) is 55.1 Å². The first kappa shape index (κ1) is 21.4. The molecule has 2 aromatic carbocycles. The molecule has 0 atom stereocenters. The van der Waals surface area contributed by atoms with Gasteiger partial charge in [0.25, 0.3) is 0 Å². The van der Waals surface area contributed by atoms with Crippen molar-refractivity contribution < 1.29 is 18.0 Å². The number of halogens is 4. The number of imidazole rings is 1. The van der Waals surface area contributed by atoms with Crippen molar-refractivity contribution in [3.05, 3.63) is 65.7 Å². The summed E-state index contributed by atoms with van der Waals surface area (Å²) in [6.45, 7) is 0. The molecule has 2 heterocycles. The molecule has 0 radical (unpaired) electrons. The Labute approximate surface area is 184 Å². The Balaban J connectivity index is 1.48. The van der Waals surface area contributed by atoms with Crippen LogP contribution in [-0.4, -0.2) is 32.6 Å². The lowest BCUT2D eigenvalue weighted by molar-refractivity contribution is -0.137. The minimum absolute atomic E-state index is 0.0410. The predicted molar refractivity (Wildman–Crippen MR) is 115 cm³/mol. The number of carbonyl (C=O) groups is 1. The number of carbonyl (C=O) groups excluding carboxylic acids is 1. The average molecular weight is 462 g/mol. The SMILES string of the molecule is CNc1ncnc2c1ncn2-c1ccc(NC(=O)Nc2ccc(Cl)c(C(F)(F)F)c2)cc1. The molecule has 0 saturated carbocycles. The van der Waals surface area contributed by atoms with Crippen molar-refractivity contribution in [3.8, 4) is 5.69 Å². The van der Waals surface area contributed by atoms with Crippen molar-refractivity contribution >= 4 is 46.0 Å². The zero-order valence-electron chi connectivity index (χ0n) is 16.4.